The minimum atomic E-state index is 0.116. The minimum absolute atomic E-state index is 0.116. The third-order valence-electron chi connectivity index (χ3n) is 8.11. The highest BCUT2D eigenvalue weighted by atomic mass is 16.1. The maximum Gasteiger partial charge on any atom is 0.223 e. The fraction of sp³-hybridized carbons (Fsp3) is 0.344. The highest BCUT2D eigenvalue weighted by Gasteiger charge is 2.29. The summed E-state index contributed by atoms with van der Waals surface area (Å²) in [6.45, 7) is 3.73. The normalized spacial score (nSPS) is 18.7. The van der Waals surface area contributed by atoms with Gasteiger partial charge in [-0.3, -0.25) is 9.69 Å². The molecule has 1 fully saturated rings. The first-order valence-electron chi connectivity index (χ1n) is 13.5. The summed E-state index contributed by atoms with van der Waals surface area (Å²) in [6.07, 6.45) is 5.19. The van der Waals surface area contributed by atoms with Gasteiger partial charge in [0.1, 0.15) is 0 Å². The number of nitrogens with zero attached hydrogens (tertiary/aromatic N) is 2. The Morgan fingerprint density at radius 1 is 0.833 bits per heavy atom. The second kappa shape index (κ2) is 10.3. The quantitative estimate of drug-likeness (QED) is 0.365. The van der Waals surface area contributed by atoms with Crippen molar-refractivity contribution >= 4 is 16.8 Å². The Balaban J connectivity index is 1.11. The fourth-order valence-electron chi connectivity index (χ4n) is 6.13. The number of hydrogen-bond acceptors (Lipinski definition) is 2. The number of nitrogens with one attached hydrogen (secondary N) is 1. The van der Waals surface area contributed by atoms with E-state index in [1.807, 2.05) is 0 Å². The van der Waals surface area contributed by atoms with Crippen LogP contribution in [0.5, 0.6) is 0 Å². The molecule has 2 heterocycles. The van der Waals surface area contributed by atoms with Gasteiger partial charge in [0.15, 0.2) is 0 Å². The van der Waals surface area contributed by atoms with Crippen LogP contribution in [0.4, 0.5) is 0 Å². The summed E-state index contributed by atoms with van der Waals surface area (Å²) in [7, 11) is 0. The molecule has 1 aliphatic carbocycles. The average molecular weight is 478 g/mol. The van der Waals surface area contributed by atoms with Gasteiger partial charge in [-0.1, -0.05) is 72.8 Å². The maximum absolute atomic E-state index is 13.2. The van der Waals surface area contributed by atoms with Crippen molar-refractivity contribution in [3.05, 3.63) is 107 Å². The molecule has 1 aromatic heterocycles. The van der Waals surface area contributed by atoms with E-state index >= 15 is 0 Å². The molecule has 6 rings (SSSR count). The van der Waals surface area contributed by atoms with Crippen LogP contribution < -0.4 is 5.32 Å². The van der Waals surface area contributed by atoms with Crippen molar-refractivity contribution in [2.24, 2.45) is 5.92 Å². The number of aromatic nitrogens is 1. The molecule has 1 amide bonds. The SMILES string of the molecule is O=C(N[C@H]1CCCc2ccccc21)C1CCN(Cc2cc3ccccc3n2Cc2ccccc2)CC1. The molecule has 2 aliphatic rings. The number of hydrogen-bond donors (Lipinski definition) is 1. The number of carbonyl (C=O) groups is 1. The second-order valence-electron chi connectivity index (χ2n) is 10.5. The molecule has 4 aromatic rings. The van der Waals surface area contributed by atoms with E-state index in [-0.39, 0.29) is 17.9 Å². The van der Waals surface area contributed by atoms with Gasteiger partial charge in [-0.05, 0) is 79.4 Å². The van der Waals surface area contributed by atoms with Crippen molar-refractivity contribution in [3.63, 3.8) is 0 Å². The molecule has 0 unspecified atom stereocenters. The Labute approximate surface area is 213 Å². The molecule has 184 valence electrons. The largest absolute Gasteiger partial charge is 0.349 e. The Hall–Kier alpha value is -3.37. The summed E-state index contributed by atoms with van der Waals surface area (Å²) in [6, 6.07) is 30.5. The van der Waals surface area contributed by atoms with E-state index in [2.05, 4.69) is 99.7 Å². The number of likely N-dealkylation sites (tertiary alicyclic amines) is 1. The molecule has 4 nitrogen and oxygen atoms in total. The van der Waals surface area contributed by atoms with Crippen LogP contribution in [0.25, 0.3) is 10.9 Å². The molecule has 0 saturated carbocycles. The van der Waals surface area contributed by atoms with Gasteiger partial charge in [0.05, 0.1) is 6.04 Å². The van der Waals surface area contributed by atoms with Crippen molar-refractivity contribution in [3.8, 4) is 0 Å². The van der Waals surface area contributed by atoms with Gasteiger partial charge in [0, 0.05) is 30.2 Å². The molecule has 0 bridgehead atoms. The number of piperidine rings is 1. The van der Waals surface area contributed by atoms with Crippen LogP contribution in [0.15, 0.2) is 84.9 Å². The fourth-order valence-corrected chi connectivity index (χ4v) is 6.13. The lowest BCUT2D eigenvalue weighted by molar-refractivity contribution is -0.127. The smallest absolute Gasteiger partial charge is 0.223 e. The maximum atomic E-state index is 13.2. The number of fused-ring (bicyclic) bond motifs is 2. The van der Waals surface area contributed by atoms with Crippen molar-refractivity contribution in [2.45, 2.75) is 51.2 Å². The van der Waals surface area contributed by atoms with Gasteiger partial charge in [0.2, 0.25) is 5.91 Å². The van der Waals surface area contributed by atoms with Crippen LogP contribution in [0.2, 0.25) is 0 Å². The van der Waals surface area contributed by atoms with E-state index in [9.17, 15) is 4.79 Å². The highest BCUT2D eigenvalue weighted by Crippen LogP contribution is 2.31. The van der Waals surface area contributed by atoms with E-state index in [1.54, 1.807) is 0 Å². The van der Waals surface area contributed by atoms with E-state index < -0.39 is 0 Å². The number of carbonyl (C=O) groups excluding carboxylic acids is 1. The summed E-state index contributed by atoms with van der Waals surface area (Å²) < 4.78 is 2.46. The molecular weight excluding hydrogens is 442 g/mol. The Morgan fingerprint density at radius 2 is 1.58 bits per heavy atom. The van der Waals surface area contributed by atoms with Crippen molar-refractivity contribution in [1.82, 2.24) is 14.8 Å². The third kappa shape index (κ3) is 4.83. The zero-order chi connectivity index (χ0) is 24.3. The summed E-state index contributed by atoms with van der Waals surface area (Å²) in [4.78, 5) is 15.7. The zero-order valence-electron chi connectivity index (χ0n) is 20.9. The van der Waals surface area contributed by atoms with Gasteiger partial charge < -0.3 is 9.88 Å². The standard InChI is InChI=1S/C32H35N3O/c36-32(33-30-15-8-13-25-11-4-6-14-29(25)30)26-17-19-34(20-18-26)23-28-21-27-12-5-7-16-31(27)35(28)22-24-9-2-1-3-10-24/h1-7,9-12,14,16,21,26,30H,8,13,15,17-20,22-23H2,(H,33,36)/t30-/m0/s1. The van der Waals surface area contributed by atoms with E-state index in [0.29, 0.717) is 0 Å². The molecule has 1 N–H and O–H groups in total. The second-order valence-corrected chi connectivity index (χ2v) is 10.5. The van der Waals surface area contributed by atoms with Gasteiger partial charge >= 0.3 is 0 Å². The van der Waals surface area contributed by atoms with Crippen LogP contribution in [-0.4, -0.2) is 28.5 Å². The lowest BCUT2D eigenvalue weighted by Gasteiger charge is -2.33. The van der Waals surface area contributed by atoms with Crippen LogP contribution in [0.3, 0.4) is 0 Å². The molecule has 1 atom stereocenters. The van der Waals surface area contributed by atoms with Gasteiger partial charge in [-0.15, -0.1) is 0 Å². The Bertz CT molecular complexity index is 1330. The van der Waals surface area contributed by atoms with Crippen molar-refractivity contribution in [2.75, 3.05) is 13.1 Å². The van der Waals surface area contributed by atoms with Crippen LogP contribution in [0.1, 0.15) is 54.1 Å². The van der Waals surface area contributed by atoms with E-state index in [1.165, 1.54) is 33.3 Å². The van der Waals surface area contributed by atoms with Gasteiger partial charge in [-0.25, -0.2) is 0 Å². The van der Waals surface area contributed by atoms with Crippen LogP contribution in [0, 0.1) is 5.92 Å². The minimum Gasteiger partial charge on any atom is -0.349 e. The number of aryl methyl sites for hydroxylation is 1. The zero-order valence-corrected chi connectivity index (χ0v) is 20.9. The number of benzene rings is 3. The van der Waals surface area contributed by atoms with Crippen molar-refractivity contribution < 1.29 is 4.79 Å². The molecule has 1 aliphatic heterocycles. The number of amides is 1. The molecule has 1 saturated heterocycles. The molecule has 4 heteroatoms. The van der Waals surface area contributed by atoms with Gasteiger partial charge in [-0.2, -0.15) is 0 Å². The molecule has 0 radical (unpaired) electrons. The van der Waals surface area contributed by atoms with E-state index in [4.69, 9.17) is 0 Å². The monoisotopic (exact) mass is 477 g/mol. The average Bonchev–Trinajstić information content (AvgIpc) is 3.26. The first kappa shape index (κ1) is 23.1. The molecule has 0 spiro atoms. The summed E-state index contributed by atoms with van der Waals surface area (Å²) in [5, 5.41) is 4.70. The number of rotatable bonds is 6. The highest BCUT2D eigenvalue weighted by molar-refractivity contribution is 5.81. The topological polar surface area (TPSA) is 37.3 Å². The van der Waals surface area contributed by atoms with E-state index in [0.717, 1.165) is 58.3 Å². The lowest BCUT2D eigenvalue weighted by Crippen LogP contribution is -2.42. The lowest BCUT2D eigenvalue weighted by atomic mass is 9.87. The third-order valence-corrected chi connectivity index (χ3v) is 8.11. The predicted molar refractivity (Wildman–Crippen MR) is 146 cm³/mol. The molecule has 3 aromatic carbocycles. The first-order chi connectivity index (χ1) is 17.7. The molecule has 36 heavy (non-hydrogen) atoms. The van der Waals surface area contributed by atoms with Crippen LogP contribution in [-0.2, 0) is 24.3 Å². The van der Waals surface area contributed by atoms with Crippen LogP contribution >= 0.6 is 0 Å². The Kier molecular flexibility index (Phi) is 6.61. The molecular formula is C32H35N3O. The Morgan fingerprint density at radius 3 is 2.44 bits per heavy atom. The van der Waals surface area contributed by atoms with Crippen molar-refractivity contribution in [1.29, 1.82) is 0 Å². The summed E-state index contributed by atoms with van der Waals surface area (Å²) in [5.41, 5.74) is 6.68. The van der Waals surface area contributed by atoms with Gasteiger partial charge in [0.25, 0.3) is 0 Å². The first-order valence-corrected chi connectivity index (χ1v) is 13.5. The number of para-hydroxylation sites is 1. The predicted octanol–water partition coefficient (Wildman–Crippen LogP) is 6.10. The summed E-state index contributed by atoms with van der Waals surface area (Å²) in [5.74, 6) is 0.361. The summed E-state index contributed by atoms with van der Waals surface area (Å²) >= 11 is 0.